The van der Waals surface area contributed by atoms with Crippen LogP contribution >= 0.6 is 0 Å². The third-order valence-corrected chi connectivity index (χ3v) is 5.81. The molecule has 30 heavy (non-hydrogen) atoms. The standard InChI is InChI=1S/C24H29NO5/c1-15(2)30-19-7-5-16(6-8-19)11-18(26)13-20-22-17(9-10-25(20)3)12-21-23(24(22)27-4)29-14-28-21/h5-8,12,15,20H,9-11,13-14H2,1-4H3/p+1/t20-/m1/s1. The van der Waals surface area contributed by atoms with E-state index in [1.807, 2.05) is 38.1 Å². The second kappa shape index (κ2) is 8.56. The maximum Gasteiger partial charge on any atom is 0.231 e. The van der Waals surface area contributed by atoms with Gasteiger partial charge in [-0.25, -0.2) is 0 Å². The Hall–Kier alpha value is -2.73. The van der Waals surface area contributed by atoms with Crippen molar-refractivity contribution < 1.29 is 28.6 Å². The van der Waals surface area contributed by atoms with Gasteiger partial charge in [0.25, 0.3) is 0 Å². The average molecular weight is 413 g/mol. The maximum absolute atomic E-state index is 13.0. The number of nitrogens with one attached hydrogen (secondary N) is 1. The second-order valence-corrected chi connectivity index (χ2v) is 8.35. The van der Waals surface area contributed by atoms with Gasteiger partial charge in [0.15, 0.2) is 11.5 Å². The highest BCUT2D eigenvalue weighted by Gasteiger charge is 2.37. The zero-order valence-corrected chi connectivity index (χ0v) is 18.1. The van der Waals surface area contributed by atoms with E-state index in [0.29, 0.717) is 24.3 Å². The Morgan fingerprint density at radius 2 is 2.00 bits per heavy atom. The Morgan fingerprint density at radius 3 is 2.70 bits per heavy atom. The van der Waals surface area contributed by atoms with Crippen LogP contribution in [0.3, 0.4) is 0 Å². The van der Waals surface area contributed by atoms with Crippen molar-refractivity contribution in [2.24, 2.45) is 0 Å². The number of ketones is 1. The molecule has 0 amide bonds. The Bertz CT molecular complexity index is 922. The van der Waals surface area contributed by atoms with Crippen LogP contribution in [0.15, 0.2) is 30.3 Å². The van der Waals surface area contributed by atoms with E-state index in [-0.39, 0.29) is 24.7 Å². The Morgan fingerprint density at radius 1 is 1.23 bits per heavy atom. The molecule has 0 radical (unpaired) electrons. The monoisotopic (exact) mass is 412 g/mol. The lowest BCUT2D eigenvalue weighted by atomic mass is 9.87. The number of carbonyl (C=O) groups is 1. The van der Waals surface area contributed by atoms with Crippen molar-refractivity contribution in [3.63, 3.8) is 0 Å². The van der Waals surface area contributed by atoms with Crippen LogP contribution in [0.2, 0.25) is 0 Å². The smallest absolute Gasteiger partial charge is 0.231 e. The quantitative estimate of drug-likeness (QED) is 0.757. The van der Waals surface area contributed by atoms with Crippen LogP contribution in [0.25, 0.3) is 0 Å². The predicted molar refractivity (Wildman–Crippen MR) is 113 cm³/mol. The zero-order valence-electron chi connectivity index (χ0n) is 18.1. The number of likely N-dealkylation sites (N-methyl/N-ethyl adjacent to an activating group) is 1. The number of rotatable bonds is 7. The molecule has 160 valence electrons. The molecule has 1 unspecified atom stereocenters. The molecule has 0 bridgehead atoms. The molecule has 6 heteroatoms. The maximum atomic E-state index is 13.0. The average Bonchev–Trinajstić information content (AvgIpc) is 3.18. The fourth-order valence-corrected chi connectivity index (χ4v) is 4.38. The van der Waals surface area contributed by atoms with Gasteiger partial charge in [0.1, 0.15) is 17.6 Å². The molecule has 2 atom stereocenters. The Balaban J connectivity index is 1.53. The van der Waals surface area contributed by atoms with E-state index >= 15 is 0 Å². The number of fused-ring (bicyclic) bond motifs is 2. The van der Waals surface area contributed by atoms with Crippen LogP contribution in [-0.4, -0.2) is 39.4 Å². The van der Waals surface area contributed by atoms with E-state index in [1.54, 1.807) is 7.11 Å². The van der Waals surface area contributed by atoms with Gasteiger partial charge in [-0.2, -0.15) is 0 Å². The van der Waals surface area contributed by atoms with Crippen LogP contribution in [0.1, 0.15) is 43.0 Å². The summed E-state index contributed by atoms with van der Waals surface area (Å²) in [5.41, 5.74) is 3.27. The van der Waals surface area contributed by atoms with Crippen molar-refractivity contribution in [3.8, 4) is 23.0 Å². The molecule has 0 aliphatic carbocycles. The molecule has 0 spiro atoms. The van der Waals surface area contributed by atoms with Gasteiger partial charge in [0, 0.05) is 12.8 Å². The molecule has 0 saturated carbocycles. The minimum atomic E-state index is 0.0363. The summed E-state index contributed by atoms with van der Waals surface area (Å²) in [6, 6.07) is 9.89. The largest absolute Gasteiger partial charge is 0.492 e. The van der Waals surface area contributed by atoms with Gasteiger partial charge in [0.2, 0.25) is 12.5 Å². The molecule has 4 rings (SSSR count). The lowest BCUT2D eigenvalue weighted by molar-refractivity contribution is -0.914. The summed E-state index contributed by atoms with van der Waals surface area (Å²) in [5, 5.41) is 0. The van der Waals surface area contributed by atoms with Crippen molar-refractivity contribution in [2.45, 2.75) is 45.3 Å². The lowest BCUT2D eigenvalue weighted by Crippen LogP contribution is -3.10. The molecular weight excluding hydrogens is 382 g/mol. The molecule has 0 aromatic heterocycles. The van der Waals surface area contributed by atoms with E-state index in [2.05, 4.69) is 13.1 Å². The number of Topliss-reactive ketones (excluding diaryl/α,β-unsaturated/α-hetero) is 1. The molecule has 0 saturated heterocycles. The second-order valence-electron chi connectivity index (χ2n) is 8.35. The fourth-order valence-electron chi connectivity index (χ4n) is 4.38. The first-order valence-electron chi connectivity index (χ1n) is 10.5. The predicted octanol–water partition coefficient (Wildman–Crippen LogP) is 2.52. The minimum Gasteiger partial charge on any atom is -0.492 e. The zero-order chi connectivity index (χ0) is 21.3. The number of ether oxygens (including phenoxy) is 4. The summed E-state index contributed by atoms with van der Waals surface area (Å²) in [4.78, 5) is 14.3. The summed E-state index contributed by atoms with van der Waals surface area (Å²) in [7, 11) is 3.80. The summed E-state index contributed by atoms with van der Waals surface area (Å²) >= 11 is 0. The normalized spacial score (nSPS) is 19.5. The minimum absolute atomic E-state index is 0.0363. The highest BCUT2D eigenvalue weighted by atomic mass is 16.7. The molecule has 2 heterocycles. The van der Waals surface area contributed by atoms with Crippen LogP contribution in [0, 0.1) is 0 Å². The summed E-state index contributed by atoms with van der Waals surface area (Å²) in [6.45, 7) is 5.17. The molecule has 2 aromatic rings. The Labute approximate surface area is 177 Å². The molecule has 6 nitrogen and oxygen atoms in total. The van der Waals surface area contributed by atoms with Gasteiger partial charge in [-0.05, 0) is 43.2 Å². The van der Waals surface area contributed by atoms with Crippen LogP contribution in [-0.2, 0) is 17.6 Å². The van der Waals surface area contributed by atoms with Gasteiger partial charge in [-0.15, -0.1) is 0 Å². The number of hydrogen-bond donors (Lipinski definition) is 1. The topological polar surface area (TPSA) is 58.4 Å². The number of benzene rings is 2. The lowest BCUT2D eigenvalue weighted by Gasteiger charge is -2.32. The molecule has 2 aliphatic rings. The van der Waals surface area contributed by atoms with Crippen LogP contribution < -0.4 is 23.8 Å². The van der Waals surface area contributed by atoms with E-state index in [1.165, 1.54) is 10.5 Å². The molecule has 1 N–H and O–H groups in total. The first-order valence-corrected chi connectivity index (χ1v) is 10.5. The Kier molecular flexibility index (Phi) is 5.86. The van der Waals surface area contributed by atoms with Crippen LogP contribution in [0.5, 0.6) is 23.0 Å². The number of methoxy groups -OCH3 is 1. The van der Waals surface area contributed by atoms with E-state index in [9.17, 15) is 4.79 Å². The molecular formula is C24H30NO5+. The van der Waals surface area contributed by atoms with Crippen LogP contribution in [0.4, 0.5) is 0 Å². The number of carbonyl (C=O) groups excluding carboxylic acids is 1. The van der Waals surface area contributed by atoms with Gasteiger partial charge in [-0.1, -0.05) is 12.1 Å². The number of quaternary nitrogens is 1. The molecule has 2 aromatic carbocycles. The van der Waals surface area contributed by atoms with Crippen molar-refractivity contribution in [1.29, 1.82) is 0 Å². The summed E-state index contributed by atoms with van der Waals surface area (Å²) < 4.78 is 22.7. The highest BCUT2D eigenvalue weighted by molar-refractivity contribution is 5.82. The van der Waals surface area contributed by atoms with E-state index in [4.69, 9.17) is 18.9 Å². The van der Waals surface area contributed by atoms with Crippen molar-refractivity contribution >= 4 is 5.78 Å². The van der Waals surface area contributed by atoms with E-state index < -0.39 is 0 Å². The van der Waals surface area contributed by atoms with Crippen molar-refractivity contribution in [2.75, 3.05) is 27.5 Å². The van der Waals surface area contributed by atoms with Gasteiger partial charge in [-0.3, -0.25) is 4.79 Å². The third-order valence-electron chi connectivity index (χ3n) is 5.81. The molecule has 0 fully saturated rings. The first-order chi connectivity index (χ1) is 14.5. The van der Waals surface area contributed by atoms with Crippen molar-refractivity contribution in [1.82, 2.24) is 0 Å². The van der Waals surface area contributed by atoms with Gasteiger partial charge in [0.05, 0.1) is 38.8 Å². The van der Waals surface area contributed by atoms with Gasteiger partial charge >= 0.3 is 0 Å². The first kappa shape index (κ1) is 20.5. The number of hydrogen-bond acceptors (Lipinski definition) is 5. The fraction of sp³-hybridized carbons (Fsp3) is 0.458. The van der Waals surface area contributed by atoms with E-state index in [0.717, 1.165) is 35.6 Å². The summed E-state index contributed by atoms with van der Waals surface area (Å²) in [5.74, 6) is 3.15. The van der Waals surface area contributed by atoms with Gasteiger partial charge < -0.3 is 23.8 Å². The molecule has 2 aliphatic heterocycles. The van der Waals surface area contributed by atoms with Crippen molar-refractivity contribution in [3.05, 3.63) is 47.0 Å². The highest BCUT2D eigenvalue weighted by Crippen LogP contribution is 2.47. The third kappa shape index (κ3) is 4.10. The summed E-state index contributed by atoms with van der Waals surface area (Å²) in [6.07, 6.45) is 1.93. The SMILES string of the molecule is COc1c2c(cc3c1[C@@H](CC(=O)Cc1ccc(OC(C)C)cc1)[NH+](C)CC3)OCO2.